The van der Waals surface area contributed by atoms with E-state index in [0.717, 1.165) is 39.0 Å². The molecule has 20 heavy (non-hydrogen) atoms. The molecule has 4 heteroatoms. The van der Waals surface area contributed by atoms with Crippen LogP contribution in [0.15, 0.2) is 24.3 Å². The fraction of sp³-hybridized carbons (Fsp3) is 0.562. The molecule has 0 bridgehead atoms. The van der Waals surface area contributed by atoms with Gasteiger partial charge >= 0.3 is 0 Å². The highest BCUT2D eigenvalue weighted by Crippen LogP contribution is 2.08. The number of Topliss-reactive ketones (excluding diaryl/α,β-unsaturated/α-hetero) is 1. The van der Waals surface area contributed by atoms with Crippen LogP contribution in [0.2, 0.25) is 0 Å². The number of rotatable bonds is 10. The van der Waals surface area contributed by atoms with Crippen molar-refractivity contribution in [1.29, 1.82) is 0 Å². The van der Waals surface area contributed by atoms with Crippen molar-refractivity contribution in [2.75, 3.05) is 25.5 Å². The van der Waals surface area contributed by atoms with Crippen LogP contribution in [0.1, 0.15) is 43.5 Å². The third-order valence-electron chi connectivity index (χ3n) is 3.15. The number of hydrogen-bond acceptors (Lipinski definition) is 4. The van der Waals surface area contributed by atoms with Gasteiger partial charge in [-0.25, -0.2) is 0 Å². The summed E-state index contributed by atoms with van der Waals surface area (Å²) in [5.74, 6) is 0.0944. The highest BCUT2D eigenvalue weighted by atomic mass is 16.5. The summed E-state index contributed by atoms with van der Waals surface area (Å²) in [4.78, 5) is 12.1. The van der Waals surface area contributed by atoms with E-state index in [9.17, 15) is 4.79 Å². The van der Waals surface area contributed by atoms with Gasteiger partial charge in [0.05, 0.1) is 6.04 Å². The highest BCUT2D eigenvalue weighted by Gasteiger charge is 2.13. The maximum atomic E-state index is 12.1. The second-order valence-corrected chi connectivity index (χ2v) is 4.98. The number of ether oxygens (including phenoxy) is 1. The minimum atomic E-state index is -0.186. The molecule has 0 aliphatic rings. The Morgan fingerprint density at radius 1 is 1.25 bits per heavy atom. The van der Waals surface area contributed by atoms with Crippen LogP contribution >= 0.6 is 0 Å². The highest BCUT2D eigenvalue weighted by molar-refractivity contribution is 6.00. The summed E-state index contributed by atoms with van der Waals surface area (Å²) in [7, 11) is 0. The summed E-state index contributed by atoms with van der Waals surface area (Å²) < 4.78 is 5.48. The van der Waals surface area contributed by atoms with Gasteiger partial charge in [-0.3, -0.25) is 4.79 Å². The number of benzene rings is 1. The monoisotopic (exact) mass is 278 g/mol. The van der Waals surface area contributed by atoms with E-state index in [1.165, 1.54) is 0 Å². The molecule has 0 aliphatic carbocycles. The number of nitrogen functional groups attached to an aromatic ring is 1. The second-order valence-electron chi connectivity index (χ2n) is 4.98. The average Bonchev–Trinajstić information content (AvgIpc) is 2.46. The molecule has 1 aromatic carbocycles. The van der Waals surface area contributed by atoms with Crippen LogP contribution in [0.25, 0.3) is 0 Å². The summed E-state index contributed by atoms with van der Waals surface area (Å²) in [5.41, 5.74) is 6.98. The molecule has 0 saturated heterocycles. The lowest BCUT2D eigenvalue weighted by Crippen LogP contribution is -2.35. The largest absolute Gasteiger partial charge is 0.399 e. The second kappa shape index (κ2) is 9.50. The normalized spacial score (nSPS) is 12.3. The number of nitrogens with one attached hydrogen (secondary N) is 1. The van der Waals surface area contributed by atoms with Crippen LogP contribution in [0, 0.1) is 0 Å². The van der Waals surface area contributed by atoms with E-state index in [-0.39, 0.29) is 11.8 Å². The van der Waals surface area contributed by atoms with Crippen LogP contribution < -0.4 is 11.1 Å². The van der Waals surface area contributed by atoms with Gasteiger partial charge in [-0.05, 0) is 50.6 Å². The minimum absolute atomic E-state index is 0.0944. The topological polar surface area (TPSA) is 64.3 Å². The Hall–Kier alpha value is -1.39. The van der Waals surface area contributed by atoms with Gasteiger partial charge < -0.3 is 15.8 Å². The molecule has 0 aromatic heterocycles. The first-order valence-corrected chi connectivity index (χ1v) is 7.36. The Balaban J connectivity index is 2.20. The molecule has 0 aliphatic heterocycles. The molecule has 0 amide bonds. The molecule has 0 radical (unpaired) electrons. The lowest BCUT2D eigenvalue weighted by molar-refractivity contribution is 0.0945. The van der Waals surface area contributed by atoms with Gasteiger partial charge in [0, 0.05) is 24.5 Å². The molecule has 0 fully saturated rings. The molecular formula is C16H26N2O2. The zero-order chi connectivity index (χ0) is 14.8. The lowest BCUT2D eigenvalue weighted by Gasteiger charge is -2.13. The number of anilines is 1. The quantitative estimate of drug-likeness (QED) is 0.392. The number of unbranched alkanes of at least 4 members (excludes halogenated alkanes) is 1. The van der Waals surface area contributed by atoms with E-state index in [1.807, 2.05) is 6.92 Å². The van der Waals surface area contributed by atoms with E-state index in [2.05, 4.69) is 12.2 Å². The lowest BCUT2D eigenvalue weighted by atomic mass is 10.1. The fourth-order valence-electron chi connectivity index (χ4n) is 1.83. The van der Waals surface area contributed by atoms with Crippen molar-refractivity contribution in [2.24, 2.45) is 0 Å². The van der Waals surface area contributed by atoms with Crippen LogP contribution in [-0.4, -0.2) is 31.6 Å². The smallest absolute Gasteiger partial charge is 0.179 e. The maximum Gasteiger partial charge on any atom is 0.179 e. The fourth-order valence-corrected chi connectivity index (χ4v) is 1.83. The number of ketones is 1. The van der Waals surface area contributed by atoms with Gasteiger partial charge in [-0.1, -0.05) is 13.3 Å². The first-order chi connectivity index (χ1) is 9.65. The average molecular weight is 278 g/mol. The molecule has 3 N–H and O–H groups in total. The Kier molecular flexibility index (Phi) is 7.92. The summed E-state index contributed by atoms with van der Waals surface area (Å²) in [6, 6.07) is 6.85. The van der Waals surface area contributed by atoms with E-state index in [0.29, 0.717) is 11.3 Å². The van der Waals surface area contributed by atoms with Gasteiger partial charge in [-0.15, -0.1) is 0 Å². The SMILES string of the molecule is CCCCOCCCNC(C)C(=O)c1ccc(N)cc1. The van der Waals surface area contributed by atoms with Crippen LogP contribution in [0.3, 0.4) is 0 Å². The zero-order valence-corrected chi connectivity index (χ0v) is 12.5. The Bertz CT molecular complexity index is 390. The third-order valence-corrected chi connectivity index (χ3v) is 3.15. The van der Waals surface area contributed by atoms with Gasteiger partial charge in [0.1, 0.15) is 0 Å². The van der Waals surface area contributed by atoms with Crippen molar-refractivity contribution in [1.82, 2.24) is 5.32 Å². The van der Waals surface area contributed by atoms with Crippen LogP contribution in [0.4, 0.5) is 5.69 Å². The number of carbonyl (C=O) groups is 1. The molecule has 4 nitrogen and oxygen atoms in total. The van der Waals surface area contributed by atoms with Crippen molar-refractivity contribution in [3.63, 3.8) is 0 Å². The van der Waals surface area contributed by atoms with E-state index in [1.54, 1.807) is 24.3 Å². The Labute approximate surface area is 121 Å². The number of hydrogen-bond donors (Lipinski definition) is 2. The summed E-state index contributed by atoms with van der Waals surface area (Å²) >= 11 is 0. The van der Waals surface area contributed by atoms with E-state index in [4.69, 9.17) is 10.5 Å². The molecule has 0 saturated carbocycles. The number of nitrogens with two attached hydrogens (primary N) is 1. The molecule has 0 heterocycles. The minimum Gasteiger partial charge on any atom is -0.399 e. The van der Waals surface area contributed by atoms with Crippen molar-refractivity contribution in [2.45, 2.75) is 39.2 Å². The summed E-state index contributed by atoms with van der Waals surface area (Å²) in [6.07, 6.45) is 3.19. The molecule has 1 atom stereocenters. The number of carbonyl (C=O) groups excluding carboxylic acids is 1. The third kappa shape index (κ3) is 6.17. The van der Waals surface area contributed by atoms with E-state index >= 15 is 0 Å². The van der Waals surface area contributed by atoms with Crippen molar-refractivity contribution in [3.8, 4) is 0 Å². The molecule has 1 rings (SSSR count). The van der Waals surface area contributed by atoms with Gasteiger partial charge in [-0.2, -0.15) is 0 Å². The van der Waals surface area contributed by atoms with Crippen molar-refractivity contribution in [3.05, 3.63) is 29.8 Å². The van der Waals surface area contributed by atoms with Gasteiger partial charge in [0.15, 0.2) is 5.78 Å². The predicted molar refractivity (Wildman–Crippen MR) is 83.0 cm³/mol. The van der Waals surface area contributed by atoms with Crippen LogP contribution in [-0.2, 0) is 4.74 Å². The molecular weight excluding hydrogens is 252 g/mol. The first-order valence-electron chi connectivity index (χ1n) is 7.36. The zero-order valence-electron chi connectivity index (χ0n) is 12.5. The molecule has 112 valence electrons. The summed E-state index contributed by atoms with van der Waals surface area (Å²) in [6.45, 7) is 6.40. The van der Waals surface area contributed by atoms with Crippen molar-refractivity contribution < 1.29 is 9.53 Å². The Morgan fingerprint density at radius 2 is 1.90 bits per heavy atom. The van der Waals surface area contributed by atoms with Crippen LogP contribution in [0.5, 0.6) is 0 Å². The first kappa shape index (κ1) is 16.7. The van der Waals surface area contributed by atoms with Gasteiger partial charge in [0.2, 0.25) is 0 Å². The summed E-state index contributed by atoms with van der Waals surface area (Å²) in [5, 5.41) is 3.23. The predicted octanol–water partition coefficient (Wildman–Crippen LogP) is 2.64. The Morgan fingerprint density at radius 3 is 2.55 bits per heavy atom. The molecule has 0 spiro atoms. The van der Waals surface area contributed by atoms with Gasteiger partial charge in [0.25, 0.3) is 0 Å². The maximum absolute atomic E-state index is 12.1. The molecule has 1 aromatic rings. The molecule has 1 unspecified atom stereocenters. The van der Waals surface area contributed by atoms with Crippen molar-refractivity contribution >= 4 is 11.5 Å². The van der Waals surface area contributed by atoms with E-state index < -0.39 is 0 Å². The standard InChI is InChI=1S/C16H26N2O2/c1-3-4-11-20-12-5-10-18-13(2)16(19)14-6-8-15(17)9-7-14/h6-9,13,18H,3-5,10-12,17H2,1-2H3.